The lowest BCUT2D eigenvalue weighted by Crippen LogP contribution is -2.20. The number of anilines is 2. The highest BCUT2D eigenvalue weighted by atomic mass is 35.5. The first-order valence-electron chi connectivity index (χ1n) is 10.4. The van der Waals surface area contributed by atoms with Crippen LogP contribution in [-0.4, -0.2) is 31.5 Å². The highest BCUT2D eigenvalue weighted by Gasteiger charge is 2.13. The van der Waals surface area contributed by atoms with Crippen LogP contribution in [0.3, 0.4) is 0 Å². The number of ether oxygens (including phenoxy) is 2. The van der Waals surface area contributed by atoms with Crippen LogP contribution in [-0.2, 0) is 14.3 Å². The van der Waals surface area contributed by atoms with E-state index in [4.69, 9.17) is 27.9 Å². The first-order chi connectivity index (χ1) is 17.3. The first-order valence-corrected chi connectivity index (χ1v) is 11.1. The molecule has 3 aromatic rings. The van der Waals surface area contributed by atoms with Crippen LogP contribution >= 0.6 is 23.2 Å². The normalized spacial score (nSPS) is 10.7. The van der Waals surface area contributed by atoms with Gasteiger partial charge in [-0.2, -0.15) is 5.26 Å². The molecule has 0 atom stereocenters. The molecule has 8 nitrogen and oxygen atoms in total. The lowest BCUT2D eigenvalue weighted by Gasteiger charge is -2.10. The van der Waals surface area contributed by atoms with Crippen molar-refractivity contribution in [3.63, 3.8) is 0 Å². The zero-order valence-corrected chi connectivity index (χ0v) is 20.4. The van der Waals surface area contributed by atoms with Gasteiger partial charge in [0.25, 0.3) is 11.8 Å². The van der Waals surface area contributed by atoms with Gasteiger partial charge in [-0.3, -0.25) is 9.59 Å². The van der Waals surface area contributed by atoms with Crippen molar-refractivity contribution in [2.45, 2.75) is 0 Å². The Hall–Kier alpha value is -4.32. The molecular formula is C26H19Cl2N3O5. The van der Waals surface area contributed by atoms with Gasteiger partial charge in [0.2, 0.25) is 0 Å². The van der Waals surface area contributed by atoms with Crippen LogP contribution in [0.15, 0.2) is 72.3 Å². The SMILES string of the molecule is COC(=O)c1ccc(NC(=O)/C(C#N)=C\c2ccc(OCC(=O)Nc3ccccc3Cl)c(Cl)c2)cc1. The summed E-state index contributed by atoms with van der Waals surface area (Å²) in [6.07, 6.45) is 1.36. The van der Waals surface area contributed by atoms with E-state index in [0.717, 1.165) is 0 Å². The van der Waals surface area contributed by atoms with E-state index in [-0.39, 0.29) is 23.0 Å². The minimum absolute atomic E-state index is 0.170. The number of hydrogen-bond acceptors (Lipinski definition) is 6. The summed E-state index contributed by atoms with van der Waals surface area (Å²) in [6, 6.07) is 19.3. The quantitative estimate of drug-likeness (QED) is 0.233. The highest BCUT2D eigenvalue weighted by molar-refractivity contribution is 6.33. The predicted octanol–water partition coefficient (Wildman–Crippen LogP) is 5.34. The Balaban J connectivity index is 1.63. The van der Waals surface area contributed by atoms with E-state index >= 15 is 0 Å². The number of halogens is 2. The van der Waals surface area contributed by atoms with E-state index in [9.17, 15) is 19.6 Å². The summed E-state index contributed by atoms with van der Waals surface area (Å²) < 4.78 is 10.1. The monoisotopic (exact) mass is 523 g/mol. The van der Waals surface area contributed by atoms with Crippen molar-refractivity contribution < 1.29 is 23.9 Å². The number of nitrogens with zero attached hydrogens (tertiary/aromatic N) is 1. The van der Waals surface area contributed by atoms with Crippen LogP contribution in [0.4, 0.5) is 11.4 Å². The Labute approximate surface area is 217 Å². The van der Waals surface area contributed by atoms with E-state index in [1.165, 1.54) is 49.6 Å². The topological polar surface area (TPSA) is 118 Å². The van der Waals surface area contributed by atoms with Gasteiger partial charge in [0, 0.05) is 5.69 Å². The largest absolute Gasteiger partial charge is 0.482 e. The molecule has 3 aromatic carbocycles. The Bertz CT molecular complexity index is 1360. The number of nitriles is 1. The molecule has 0 saturated heterocycles. The number of carbonyl (C=O) groups is 3. The molecule has 10 heteroatoms. The van der Waals surface area contributed by atoms with Gasteiger partial charge < -0.3 is 20.1 Å². The average molecular weight is 524 g/mol. The maximum atomic E-state index is 12.5. The maximum Gasteiger partial charge on any atom is 0.337 e. The van der Waals surface area contributed by atoms with E-state index in [2.05, 4.69) is 15.4 Å². The molecule has 0 bridgehead atoms. The molecular weight excluding hydrogens is 505 g/mol. The molecule has 0 heterocycles. The zero-order chi connectivity index (χ0) is 26.1. The second-order valence-electron chi connectivity index (χ2n) is 7.20. The molecule has 36 heavy (non-hydrogen) atoms. The van der Waals surface area contributed by atoms with E-state index in [1.54, 1.807) is 30.3 Å². The number of amides is 2. The predicted molar refractivity (Wildman–Crippen MR) is 137 cm³/mol. The van der Waals surface area contributed by atoms with Crippen molar-refractivity contribution in [1.82, 2.24) is 0 Å². The van der Waals surface area contributed by atoms with Crippen molar-refractivity contribution in [2.75, 3.05) is 24.4 Å². The van der Waals surface area contributed by atoms with Crippen LogP contribution < -0.4 is 15.4 Å². The number of esters is 1. The van der Waals surface area contributed by atoms with Crippen LogP contribution in [0.25, 0.3) is 6.08 Å². The molecule has 0 aliphatic heterocycles. The third-order valence-electron chi connectivity index (χ3n) is 4.70. The Morgan fingerprint density at radius 3 is 2.33 bits per heavy atom. The van der Waals surface area contributed by atoms with Gasteiger partial charge in [-0.1, -0.05) is 41.4 Å². The Morgan fingerprint density at radius 1 is 0.972 bits per heavy atom. The third kappa shape index (κ3) is 7.09. The maximum absolute atomic E-state index is 12.5. The molecule has 182 valence electrons. The minimum atomic E-state index is -0.643. The van der Waals surface area contributed by atoms with Gasteiger partial charge in [0.15, 0.2) is 6.61 Å². The van der Waals surface area contributed by atoms with Gasteiger partial charge in [-0.25, -0.2) is 4.79 Å². The number of rotatable bonds is 8. The fourth-order valence-corrected chi connectivity index (χ4v) is 3.36. The molecule has 0 unspecified atom stereocenters. The fourth-order valence-electron chi connectivity index (χ4n) is 2.94. The lowest BCUT2D eigenvalue weighted by molar-refractivity contribution is -0.118. The van der Waals surface area contributed by atoms with Gasteiger partial charge in [0.1, 0.15) is 17.4 Å². The summed E-state index contributed by atoms with van der Waals surface area (Å²) in [5.41, 5.74) is 1.48. The van der Waals surface area contributed by atoms with Crippen molar-refractivity contribution in [3.05, 3.63) is 93.5 Å². The molecule has 0 spiro atoms. The molecule has 2 N–H and O–H groups in total. The van der Waals surface area contributed by atoms with E-state index in [0.29, 0.717) is 27.5 Å². The van der Waals surface area contributed by atoms with Gasteiger partial charge in [0.05, 0.1) is 28.4 Å². The molecule has 0 aliphatic carbocycles. The van der Waals surface area contributed by atoms with Crippen LogP contribution in [0.1, 0.15) is 15.9 Å². The van der Waals surface area contributed by atoms with Crippen molar-refractivity contribution in [2.24, 2.45) is 0 Å². The van der Waals surface area contributed by atoms with Gasteiger partial charge >= 0.3 is 5.97 Å². The third-order valence-corrected chi connectivity index (χ3v) is 5.33. The van der Waals surface area contributed by atoms with E-state index < -0.39 is 17.8 Å². The molecule has 0 aromatic heterocycles. The number of nitrogens with one attached hydrogen (secondary N) is 2. The number of hydrogen-bond donors (Lipinski definition) is 2. The van der Waals surface area contributed by atoms with Gasteiger partial charge in [-0.15, -0.1) is 0 Å². The van der Waals surface area contributed by atoms with Crippen LogP contribution in [0, 0.1) is 11.3 Å². The summed E-state index contributed by atoms with van der Waals surface area (Å²) in [4.78, 5) is 36.2. The van der Waals surface area contributed by atoms with Crippen molar-refractivity contribution in [1.29, 1.82) is 5.26 Å². The van der Waals surface area contributed by atoms with Crippen molar-refractivity contribution in [3.8, 4) is 11.8 Å². The minimum Gasteiger partial charge on any atom is -0.482 e. The fraction of sp³-hybridized carbons (Fsp3) is 0.0769. The summed E-state index contributed by atoms with van der Waals surface area (Å²) >= 11 is 12.3. The second-order valence-corrected chi connectivity index (χ2v) is 8.01. The Kier molecular flexibility index (Phi) is 9.06. The summed E-state index contributed by atoms with van der Waals surface area (Å²) in [5, 5.41) is 15.3. The summed E-state index contributed by atoms with van der Waals surface area (Å²) in [5.74, 6) is -1.32. The van der Waals surface area contributed by atoms with Crippen molar-refractivity contribution >= 4 is 58.4 Å². The summed E-state index contributed by atoms with van der Waals surface area (Å²) in [6.45, 7) is -0.305. The molecule has 0 aliphatic rings. The number of carbonyl (C=O) groups excluding carboxylic acids is 3. The smallest absolute Gasteiger partial charge is 0.337 e. The first kappa shape index (κ1) is 26.3. The molecule has 2 amide bonds. The standard InChI is InChI=1S/C26H19Cl2N3O5/c1-35-26(34)17-7-9-19(10-8-17)30-25(33)18(14-29)12-16-6-11-23(21(28)13-16)36-15-24(32)31-22-5-3-2-4-20(22)27/h2-13H,15H2,1H3,(H,30,33)(H,31,32)/b18-12-. The molecule has 0 saturated carbocycles. The second kappa shape index (κ2) is 12.4. The lowest BCUT2D eigenvalue weighted by atomic mass is 10.1. The number of para-hydroxylation sites is 1. The number of benzene rings is 3. The Morgan fingerprint density at radius 2 is 1.69 bits per heavy atom. The average Bonchev–Trinajstić information content (AvgIpc) is 2.88. The van der Waals surface area contributed by atoms with Crippen LogP contribution in [0.5, 0.6) is 5.75 Å². The van der Waals surface area contributed by atoms with Crippen LogP contribution in [0.2, 0.25) is 10.0 Å². The zero-order valence-electron chi connectivity index (χ0n) is 18.9. The van der Waals surface area contributed by atoms with E-state index in [1.807, 2.05) is 6.07 Å². The molecule has 0 fully saturated rings. The molecule has 0 radical (unpaired) electrons. The summed E-state index contributed by atoms with van der Waals surface area (Å²) in [7, 11) is 1.27. The highest BCUT2D eigenvalue weighted by Crippen LogP contribution is 2.27. The number of methoxy groups -OCH3 is 1. The molecule has 3 rings (SSSR count). The van der Waals surface area contributed by atoms with Gasteiger partial charge in [-0.05, 0) is 60.2 Å².